The molecule has 1 unspecified atom stereocenters. The maximum atomic E-state index is 4.79. The first-order valence-electron chi connectivity index (χ1n) is 12.0. The molecule has 0 radical (unpaired) electrons. The zero-order chi connectivity index (χ0) is 24.3. The topological polar surface area (TPSA) is 36.8 Å². The van der Waals surface area contributed by atoms with Crippen LogP contribution in [0.25, 0.3) is 21.9 Å². The van der Waals surface area contributed by atoms with Gasteiger partial charge in [-0.05, 0) is 64.0 Å². The van der Waals surface area contributed by atoms with Crippen LogP contribution >= 0.6 is 11.8 Å². The summed E-state index contributed by atoms with van der Waals surface area (Å²) in [4.78, 5) is 10.3. The number of rotatable bonds is 5. The third-order valence-corrected chi connectivity index (χ3v) is 7.70. The SMILES string of the molecule is C=NC(=NCc1cccc(-c2ccc3ccccc3c2)c1)c1ccc(C2Nc3ccccc3S2)cc1. The number of thioether (sulfide) groups is 1. The van der Waals surface area contributed by atoms with Crippen LogP contribution in [0.3, 0.4) is 0 Å². The number of benzene rings is 5. The number of fused-ring (bicyclic) bond motifs is 2. The van der Waals surface area contributed by atoms with Gasteiger partial charge in [0.2, 0.25) is 0 Å². The van der Waals surface area contributed by atoms with E-state index in [4.69, 9.17) is 4.99 Å². The number of para-hydroxylation sites is 1. The fourth-order valence-corrected chi connectivity index (χ4v) is 5.71. The van der Waals surface area contributed by atoms with Gasteiger partial charge in [-0.1, -0.05) is 103 Å². The second-order valence-corrected chi connectivity index (χ2v) is 9.97. The van der Waals surface area contributed by atoms with Gasteiger partial charge in [-0.3, -0.25) is 4.99 Å². The predicted molar refractivity (Wildman–Crippen MR) is 154 cm³/mol. The molecule has 36 heavy (non-hydrogen) atoms. The third kappa shape index (κ3) is 4.56. The number of nitrogens with zero attached hydrogens (tertiary/aromatic N) is 2. The Kier molecular flexibility index (Phi) is 6.10. The van der Waals surface area contributed by atoms with E-state index in [0.717, 1.165) is 11.1 Å². The minimum absolute atomic E-state index is 0.214. The van der Waals surface area contributed by atoms with E-state index in [-0.39, 0.29) is 5.37 Å². The molecule has 0 fully saturated rings. The molecule has 0 saturated carbocycles. The lowest BCUT2D eigenvalue weighted by Crippen LogP contribution is -2.03. The summed E-state index contributed by atoms with van der Waals surface area (Å²) in [7, 11) is 0. The quantitative estimate of drug-likeness (QED) is 0.201. The summed E-state index contributed by atoms with van der Waals surface area (Å²) in [5.41, 5.74) is 6.93. The van der Waals surface area contributed by atoms with Crippen LogP contribution in [-0.4, -0.2) is 12.6 Å². The fraction of sp³-hybridized carbons (Fsp3) is 0.0625. The summed E-state index contributed by atoms with van der Waals surface area (Å²) >= 11 is 1.84. The van der Waals surface area contributed by atoms with Crippen molar-refractivity contribution in [2.75, 3.05) is 5.32 Å². The van der Waals surface area contributed by atoms with Crippen LogP contribution in [0.5, 0.6) is 0 Å². The Labute approximate surface area is 215 Å². The molecule has 6 rings (SSSR count). The minimum atomic E-state index is 0.214. The van der Waals surface area contributed by atoms with Gasteiger partial charge >= 0.3 is 0 Å². The molecule has 1 aliphatic heterocycles. The minimum Gasteiger partial charge on any atom is -0.368 e. The number of nitrogens with one attached hydrogen (secondary N) is 1. The van der Waals surface area contributed by atoms with Crippen LogP contribution < -0.4 is 5.32 Å². The average molecular weight is 484 g/mol. The number of hydrogen-bond acceptors (Lipinski definition) is 3. The Bertz CT molecular complexity index is 1560. The van der Waals surface area contributed by atoms with E-state index in [1.54, 1.807) is 0 Å². The molecule has 4 heteroatoms. The van der Waals surface area contributed by atoms with E-state index < -0.39 is 0 Å². The maximum Gasteiger partial charge on any atom is 0.154 e. The lowest BCUT2D eigenvalue weighted by atomic mass is 10.00. The highest BCUT2D eigenvalue weighted by Crippen LogP contribution is 2.46. The van der Waals surface area contributed by atoms with Crippen molar-refractivity contribution in [2.24, 2.45) is 9.98 Å². The number of anilines is 1. The summed E-state index contributed by atoms with van der Waals surface area (Å²) in [5, 5.41) is 6.30. The van der Waals surface area contributed by atoms with Crippen molar-refractivity contribution in [3.8, 4) is 11.1 Å². The first kappa shape index (κ1) is 22.3. The largest absolute Gasteiger partial charge is 0.368 e. The summed E-state index contributed by atoms with van der Waals surface area (Å²) < 4.78 is 0. The van der Waals surface area contributed by atoms with Gasteiger partial charge in [0.15, 0.2) is 5.84 Å². The van der Waals surface area contributed by atoms with Crippen LogP contribution in [0.15, 0.2) is 130 Å². The van der Waals surface area contributed by atoms with Gasteiger partial charge in [0.1, 0.15) is 5.37 Å². The summed E-state index contributed by atoms with van der Waals surface area (Å²) in [6, 6.07) is 40.5. The smallest absolute Gasteiger partial charge is 0.154 e. The number of hydrogen-bond donors (Lipinski definition) is 1. The molecule has 0 spiro atoms. The van der Waals surface area contributed by atoms with Gasteiger partial charge in [0, 0.05) is 16.1 Å². The van der Waals surface area contributed by atoms with Gasteiger partial charge < -0.3 is 5.32 Å². The molecule has 1 aliphatic rings. The Morgan fingerprint density at radius 2 is 1.53 bits per heavy atom. The van der Waals surface area contributed by atoms with E-state index in [1.165, 1.54) is 38.0 Å². The predicted octanol–water partition coefficient (Wildman–Crippen LogP) is 8.37. The van der Waals surface area contributed by atoms with Gasteiger partial charge in [-0.2, -0.15) is 0 Å². The molecule has 0 saturated heterocycles. The van der Waals surface area contributed by atoms with Crippen molar-refractivity contribution in [1.29, 1.82) is 0 Å². The lowest BCUT2D eigenvalue weighted by Gasteiger charge is -2.11. The van der Waals surface area contributed by atoms with Gasteiger partial charge in [-0.25, -0.2) is 4.99 Å². The summed E-state index contributed by atoms with van der Waals surface area (Å²) in [6.07, 6.45) is 0. The van der Waals surface area contributed by atoms with Crippen molar-refractivity contribution in [3.05, 3.63) is 132 Å². The number of amidine groups is 1. The Hall–Kier alpha value is -4.15. The van der Waals surface area contributed by atoms with Crippen molar-refractivity contribution in [2.45, 2.75) is 16.8 Å². The molecule has 0 amide bonds. The van der Waals surface area contributed by atoms with Crippen molar-refractivity contribution in [3.63, 3.8) is 0 Å². The summed E-state index contributed by atoms with van der Waals surface area (Å²) in [6.45, 7) is 4.32. The van der Waals surface area contributed by atoms with E-state index >= 15 is 0 Å². The molecule has 0 aliphatic carbocycles. The fourth-order valence-electron chi connectivity index (χ4n) is 4.56. The van der Waals surface area contributed by atoms with Crippen molar-refractivity contribution in [1.82, 2.24) is 0 Å². The Morgan fingerprint density at radius 3 is 2.36 bits per heavy atom. The van der Waals surface area contributed by atoms with Crippen molar-refractivity contribution >= 4 is 40.8 Å². The van der Waals surface area contributed by atoms with Crippen LogP contribution in [-0.2, 0) is 6.54 Å². The van der Waals surface area contributed by atoms with Crippen LogP contribution in [0.2, 0.25) is 0 Å². The van der Waals surface area contributed by atoms with Gasteiger partial charge in [-0.15, -0.1) is 0 Å². The van der Waals surface area contributed by atoms with E-state index in [2.05, 4.69) is 132 Å². The van der Waals surface area contributed by atoms with Crippen LogP contribution in [0.1, 0.15) is 22.1 Å². The highest BCUT2D eigenvalue weighted by atomic mass is 32.2. The van der Waals surface area contributed by atoms with E-state index in [1.807, 2.05) is 11.8 Å². The molecule has 174 valence electrons. The molecule has 0 aromatic heterocycles. The standard InChI is InChI=1S/C32H25N3S/c1-33-31(24-14-16-25(17-15-24)32-35-29-11-4-5-12-30(29)36-32)34-21-22-7-6-10-26(19-22)28-18-13-23-8-2-3-9-27(23)20-28/h2-20,32,35H,1,21H2. The molecule has 1 N–H and O–H groups in total. The van der Waals surface area contributed by atoms with Crippen LogP contribution in [0, 0.1) is 0 Å². The molecule has 5 aromatic carbocycles. The van der Waals surface area contributed by atoms with Crippen LogP contribution in [0.4, 0.5) is 5.69 Å². The van der Waals surface area contributed by atoms with E-state index in [9.17, 15) is 0 Å². The van der Waals surface area contributed by atoms with Gasteiger partial charge in [0.25, 0.3) is 0 Å². The molecule has 5 aromatic rings. The molecular formula is C32H25N3S. The molecular weight excluding hydrogens is 458 g/mol. The normalized spacial score (nSPS) is 14.9. The van der Waals surface area contributed by atoms with Crippen molar-refractivity contribution < 1.29 is 0 Å². The maximum absolute atomic E-state index is 4.79. The molecule has 1 heterocycles. The number of aliphatic imine (C=N–C) groups is 2. The zero-order valence-corrected chi connectivity index (χ0v) is 20.6. The highest BCUT2D eigenvalue weighted by Gasteiger charge is 2.22. The second kappa shape index (κ2) is 9.84. The highest BCUT2D eigenvalue weighted by molar-refractivity contribution is 8.00. The second-order valence-electron chi connectivity index (χ2n) is 8.82. The monoisotopic (exact) mass is 483 g/mol. The lowest BCUT2D eigenvalue weighted by molar-refractivity contribution is 1.06. The average Bonchev–Trinajstić information content (AvgIpc) is 3.38. The van der Waals surface area contributed by atoms with E-state index in [0.29, 0.717) is 12.4 Å². The zero-order valence-electron chi connectivity index (χ0n) is 19.8. The third-order valence-electron chi connectivity index (χ3n) is 6.46. The van der Waals surface area contributed by atoms with Gasteiger partial charge in [0.05, 0.1) is 6.54 Å². The Balaban J connectivity index is 1.19. The first-order chi connectivity index (χ1) is 17.8. The first-order valence-corrected chi connectivity index (χ1v) is 12.9. The molecule has 1 atom stereocenters. The molecule has 3 nitrogen and oxygen atoms in total. The summed E-state index contributed by atoms with van der Waals surface area (Å²) in [5.74, 6) is 0.660. The molecule has 0 bridgehead atoms. The Morgan fingerprint density at radius 1 is 0.750 bits per heavy atom.